The van der Waals surface area contributed by atoms with Crippen LogP contribution in [0.5, 0.6) is 0 Å². The van der Waals surface area contributed by atoms with Crippen LogP contribution in [-0.4, -0.2) is 63.9 Å². The average Bonchev–Trinajstić information content (AvgIpc) is 3.10. The van der Waals surface area contributed by atoms with Gasteiger partial charge < -0.3 is 21.3 Å². The maximum absolute atomic E-state index is 12.2. The van der Waals surface area contributed by atoms with Crippen molar-refractivity contribution < 1.29 is 4.79 Å². The molecule has 4 N–H and O–H groups in total. The minimum atomic E-state index is 0.0747. The second-order valence-corrected chi connectivity index (χ2v) is 13.4. The Bertz CT molecular complexity index is 1720. The van der Waals surface area contributed by atoms with Crippen molar-refractivity contribution in [3.8, 4) is 23.0 Å². The third-order valence-electron chi connectivity index (χ3n) is 9.56. The Labute approximate surface area is 290 Å². The molecule has 0 atom stereocenters. The summed E-state index contributed by atoms with van der Waals surface area (Å²) in [4.78, 5) is 30.4. The van der Waals surface area contributed by atoms with Crippen molar-refractivity contribution in [2.75, 3.05) is 49.6 Å². The fourth-order valence-electron chi connectivity index (χ4n) is 6.19. The van der Waals surface area contributed by atoms with Gasteiger partial charge in [0.05, 0.1) is 0 Å². The first-order chi connectivity index (χ1) is 24.0. The van der Waals surface area contributed by atoms with Crippen molar-refractivity contribution in [3.05, 3.63) is 89.9 Å². The van der Waals surface area contributed by atoms with Gasteiger partial charge in [-0.2, -0.15) is 4.98 Å². The zero-order valence-electron chi connectivity index (χ0n) is 28.6. The molecule has 0 radical (unpaired) electrons. The van der Waals surface area contributed by atoms with E-state index in [1.54, 1.807) is 24.5 Å². The van der Waals surface area contributed by atoms with Gasteiger partial charge in [-0.1, -0.05) is 75.1 Å². The summed E-state index contributed by atoms with van der Waals surface area (Å²) >= 11 is 0. The molecule has 7 rings (SSSR count). The summed E-state index contributed by atoms with van der Waals surface area (Å²) in [5.74, 6) is 7.26. The summed E-state index contributed by atoms with van der Waals surface area (Å²) in [6.07, 6.45) is 15.5. The van der Waals surface area contributed by atoms with E-state index in [1.807, 2.05) is 24.3 Å². The van der Waals surface area contributed by atoms with Crippen LogP contribution in [0.25, 0.3) is 11.1 Å². The monoisotopic (exact) mass is 656 g/mol. The molecule has 3 aliphatic rings. The van der Waals surface area contributed by atoms with Crippen LogP contribution in [0.15, 0.2) is 73.1 Å². The molecular weight excluding hydrogens is 608 g/mol. The number of piperazine rings is 1. The Morgan fingerprint density at radius 1 is 0.837 bits per heavy atom. The molecule has 9 heteroatoms. The van der Waals surface area contributed by atoms with E-state index in [2.05, 4.69) is 78.5 Å². The molecule has 9 nitrogen and oxygen atoms in total. The number of carbonyl (C=O) groups is 1. The molecule has 1 aliphatic heterocycles. The molecule has 1 saturated heterocycles. The summed E-state index contributed by atoms with van der Waals surface area (Å²) in [6, 6.07) is 19.7. The van der Waals surface area contributed by atoms with Gasteiger partial charge in [-0.15, -0.1) is 0 Å². The van der Waals surface area contributed by atoms with E-state index in [0.29, 0.717) is 17.5 Å². The van der Waals surface area contributed by atoms with Crippen LogP contribution in [0.4, 0.5) is 23.1 Å². The van der Waals surface area contributed by atoms with E-state index in [9.17, 15) is 4.79 Å². The first kappa shape index (κ1) is 34.1. The van der Waals surface area contributed by atoms with Crippen molar-refractivity contribution in [1.82, 2.24) is 24.8 Å². The van der Waals surface area contributed by atoms with E-state index in [4.69, 9.17) is 5.73 Å². The third-order valence-corrected chi connectivity index (χ3v) is 9.56. The number of carbonyl (C=O) groups excluding carboxylic acids is 1. The lowest BCUT2D eigenvalue weighted by Crippen LogP contribution is -2.43. The maximum Gasteiger partial charge on any atom is 0.229 e. The number of likely N-dealkylation sites (N-methyl/N-ethyl adjacent to an activating group) is 1. The second-order valence-electron chi connectivity index (χ2n) is 13.4. The van der Waals surface area contributed by atoms with Crippen molar-refractivity contribution in [2.45, 2.75) is 64.3 Å². The Morgan fingerprint density at radius 3 is 2.16 bits per heavy atom. The van der Waals surface area contributed by atoms with Gasteiger partial charge in [-0.05, 0) is 73.3 Å². The molecule has 254 valence electrons. The van der Waals surface area contributed by atoms with E-state index < -0.39 is 0 Å². The fraction of sp³-hybridized carbons (Fsp3) is 0.400. The van der Waals surface area contributed by atoms with Crippen molar-refractivity contribution in [1.29, 1.82) is 0 Å². The smallest absolute Gasteiger partial charge is 0.229 e. The Balaban J connectivity index is 0.000000628. The Kier molecular flexibility index (Phi) is 11.9. The number of hydrogen-bond acceptors (Lipinski definition) is 8. The SMILES string of the molecule is C1CCCCC1.CN1CCN(Cc2ccc(-c3cnc(Nc4ccc(C#Cc5cc(NC(=O)C6CCC6)ccn5)cc4)nc3N)cc2)CC1. The van der Waals surface area contributed by atoms with Gasteiger partial charge in [-0.25, -0.2) is 9.97 Å². The van der Waals surface area contributed by atoms with Crippen LogP contribution >= 0.6 is 0 Å². The van der Waals surface area contributed by atoms with Gasteiger partial charge in [0.25, 0.3) is 0 Å². The summed E-state index contributed by atoms with van der Waals surface area (Å²) < 4.78 is 0. The lowest BCUT2D eigenvalue weighted by Gasteiger charge is -2.32. The first-order valence-corrected chi connectivity index (χ1v) is 17.8. The highest BCUT2D eigenvalue weighted by Crippen LogP contribution is 2.28. The number of benzene rings is 2. The van der Waals surface area contributed by atoms with E-state index in [-0.39, 0.29) is 11.8 Å². The van der Waals surface area contributed by atoms with Crippen LogP contribution in [-0.2, 0) is 11.3 Å². The van der Waals surface area contributed by atoms with Gasteiger partial charge in [-0.3, -0.25) is 9.69 Å². The summed E-state index contributed by atoms with van der Waals surface area (Å²) in [7, 11) is 2.17. The molecule has 0 bridgehead atoms. The number of nitrogen functional groups attached to an aromatic ring is 1. The van der Waals surface area contributed by atoms with E-state index in [0.717, 1.165) is 80.1 Å². The number of nitrogens with zero attached hydrogens (tertiary/aromatic N) is 5. The molecule has 2 aromatic heterocycles. The third kappa shape index (κ3) is 10.1. The van der Waals surface area contributed by atoms with Gasteiger partial charge in [0.2, 0.25) is 11.9 Å². The number of pyridine rings is 1. The van der Waals surface area contributed by atoms with E-state index in [1.165, 1.54) is 44.1 Å². The van der Waals surface area contributed by atoms with E-state index >= 15 is 0 Å². The lowest BCUT2D eigenvalue weighted by molar-refractivity contribution is -0.122. The van der Waals surface area contributed by atoms with Crippen LogP contribution in [0, 0.1) is 17.8 Å². The highest BCUT2D eigenvalue weighted by atomic mass is 16.1. The molecule has 3 fully saturated rings. The minimum Gasteiger partial charge on any atom is -0.383 e. The highest BCUT2D eigenvalue weighted by Gasteiger charge is 2.25. The van der Waals surface area contributed by atoms with Crippen LogP contribution in [0.3, 0.4) is 0 Å². The highest BCUT2D eigenvalue weighted by molar-refractivity contribution is 5.93. The number of rotatable bonds is 7. The molecule has 4 aromatic rings. The van der Waals surface area contributed by atoms with Gasteiger partial charge >= 0.3 is 0 Å². The molecule has 2 aliphatic carbocycles. The molecule has 3 heterocycles. The topological polar surface area (TPSA) is 112 Å². The van der Waals surface area contributed by atoms with Crippen LogP contribution in [0.2, 0.25) is 0 Å². The number of nitrogens with two attached hydrogens (primary N) is 1. The zero-order valence-corrected chi connectivity index (χ0v) is 28.6. The lowest BCUT2D eigenvalue weighted by atomic mass is 9.85. The molecular formula is C40H48N8O. The molecule has 1 amide bonds. The van der Waals surface area contributed by atoms with Crippen molar-refractivity contribution in [2.24, 2.45) is 5.92 Å². The van der Waals surface area contributed by atoms with Crippen LogP contribution in [0.1, 0.15) is 74.6 Å². The standard InChI is InChI=1S/C34H36N8O.C6H12/c1-41-17-19-42(20-18-41)23-25-5-10-26(11-6-25)31-22-37-34(40-32(31)35)39-28-12-7-24(8-13-28)9-14-29-21-30(15-16-36-29)38-33(43)27-3-2-4-27;1-2-4-6-5-3-1/h5-8,10-13,15-16,21-22,27H,2-4,17-20,23H2,1H3,(H,36,38,43)(H3,35,37,39,40);1-6H2. The second kappa shape index (κ2) is 17.0. The normalized spacial score (nSPS) is 16.7. The number of anilines is 4. The predicted molar refractivity (Wildman–Crippen MR) is 198 cm³/mol. The number of amides is 1. The first-order valence-electron chi connectivity index (χ1n) is 17.8. The number of hydrogen-bond donors (Lipinski definition) is 3. The quantitative estimate of drug-likeness (QED) is 0.181. The summed E-state index contributed by atoms with van der Waals surface area (Å²) in [5, 5.41) is 6.18. The molecule has 2 aromatic carbocycles. The molecule has 0 unspecified atom stereocenters. The largest absolute Gasteiger partial charge is 0.383 e. The fourth-order valence-corrected chi connectivity index (χ4v) is 6.19. The predicted octanol–water partition coefficient (Wildman–Crippen LogP) is 7.09. The summed E-state index contributed by atoms with van der Waals surface area (Å²) in [6.45, 7) is 5.37. The molecule has 2 saturated carbocycles. The zero-order chi connectivity index (χ0) is 33.8. The van der Waals surface area contributed by atoms with Gasteiger partial charge in [0.15, 0.2) is 0 Å². The van der Waals surface area contributed by atoms with Crippen LogP contribution < -0.4 is 16.4 Å². The number of aromatic nitrogens is 3. The molecule has 0 spiro atoms. The Morgan fingerprint density at radius 2 is 1.53 bits per heavy atom. The maximum atomic E-state index is 12.2. The van der Waals surface area contributed by atoms with Crippen molar-refractivity contribution >= 4 is 29.0 Å². The van der Waals surface area contributed by atoms with Crippen molar-refractivity contribution in [3.63, 3.8) is 0 Å². The number of nitrogens with one attached hydrogen (secondary N) is 2. The summed E-state index contributed by atoms with van der Waals surface area (Å²) in [5.41, 5.74) is 12.4. The van der Waals surface area contributed by atoms with Gasteiger partial charge in [0, 0.05) is 73.5 Å². The Hall–Kier alpha value is -4.78. The van der Waals surface area contributed by atoms with Gasteiger partial charge in [0.1, 0.15) is 11.5 Å². The molecule has 49 heavy (non-hydrogen) atoms. The average molecular weight is 657 g/mol. The minimum absolute atomic E-state index is 0.0747.